The smallest absolute Gasteiger partial charge is 0.270 e. The Morgan fingerprint density at radius 3 is 2.33 bits per heavy atom. The van der Waals surface area contributed by atoms with Crippen LogP contribution in [-0.4, -0.2) is 39.6 Å². The Balaban J connectivity index is 1.60. The highest BCUT2D eigenvalue weighted by atomic mass is 35.5. The molecule has 1 fully saturated rings. The van der Waals surface area contributed by atoms with Crippen LogP contribution in [0.25, 0.3) is 23.0 Å². The van der Waals surface area contributed by atoms with Gasteiger partial charge in [0, 0.05) is 35.4 Å². The number of likely N-dealkylation sites (tertiary alicyclic amines) is 1. The van der Waals surface area contributed by atoms with E-state index in [1.54, 1.807) is 40.1 Å². The Bertz CT molecular complexity index is 1530. The largest absolute Gasteiger partial charge is 0.337 e. The van der Waals surface area contributed by atoms with Crippen LogP contribution in [0.5, 0.6) is 0 Å². The van der Waals surface area contributed by atoms with Crippen molar-refractivity contribution in [2.24, 2.45) is 0 Å². The zero-order chi connectivity index (χ0) is 27.4. The van der Waals surface area contributed by atoms with Gasteiger partial charge in [-0.1, -0.05) is 41.4 Å². The number of amides is 2. The van der Waals surface area contributed by atoms with Crippen LogP contribution in [0.3, 0.4) is 0 Å². The van der Waals surface area contributed by atoms with Gasteiger partial charge in [-0.15, -0.1) is 0 Å². The molecule has 0 atom stereocenters. The third-order valence-corrected chi connectivity index (χ3v) is 7.03. The van der Waals surface area contributed by atoms with E-state index >= 15 is 0 Å². The van der Waals surface area contributed by atoms with E-state index in [1.807, 2.05) is 30.3 Å². The van der Waals surface area contributed by atoms with Crippen LogP contribution in [0.4, 0.5) is 4.39 Å². The van der Waals surface area contributed by atoms with E-state index in [0.29, 0.717) is 34.9 Å². The standard InChI is InChI=1S/C30H25Cl2FN4O2/c31-22-11-14-25(26(32)18-22)29(38)34-27(30(39)36-15-5-2-6-16-36)17-21-19-37(24-7-3-1-4-8-24)35-28(21)20-9-12-23(33)13-10-20/h1,3-4,7-14,17-19H,2,5-6,15-16H2,(H,34,38)/b27-17+. The number of hydrogen-bond donors (Lipinski definition) is 1. The molecule has 3 aromatic carbocycles. The summed E-state index contributed by atoms with van der Waals surface area (Å²) >= 11 is 12.3. The van der Waals surface area contributed by atoms with Crippen molar-refractivity contribution in [3.8, 4) is 16.9 Å². The average Bonchev–Trinajstić information content (AvgIpc) is 3.37. The third-order valence-electron chi connectivity index (χ3n) is 6.48. The Labute approximate surface area is 235 Å². The zero-order valence-electron chi connectivity index (χ0n) is 20.9. The molecular weight excluding hydrogens is 538 g/mol. The fraction of sp³-hybridized carbons (Fsp3) is 0.167. The van der Waals surface area contributed by atoms with Crippen LogP contribution in [0.2, 0.25) is 10.0 Å². The van der Waals surface area contributed by atoms with Crippen LogP contribution >= 0.6 is 23.2 Å². The molecule has 4 aromatic rings. The number of para-hydroxylation sites is 1. The van der Waals surface area contributed by atoms with Gasteiger partial charge in [0.1, 0.15) is 17.2 Å². The van der Waals surface area contributed by atoms with Gasteiger partial charge in [-0.3, -0.25) is 9.59 Å². The van der Waals surface area contributed by atoms with Crippen molar-refractivity contribution in [2.75, 3.05) is 13.1 Å². The fourth-order valence-corrected chi connectivity index (χ4v) is 4.97. The number of rotatable bonds is 6. The molecule has 1 N–H and O–H groups in total. The summed E-state index contributed by atoms with van der Waals surface area (Å²) < 4.78 is 15.4. The highest BCUT2D eigenvalue weighted by molar-refractivity contribution is 6.36. The molecule has 2 amide bonds. The quantitative estimate of drug-likeness (QED) is 0.264. The molecule has 0 bridgehead atoms. The van der Waals surface area contributed by atoms with E-state index in [-0.39, 0.29) is 28.0 Å². The Morgan fingerprint density at radius 1 is 0.923 bits per heavy atom. The monoisotopic (exact) mass is 562 g/mol. The number of piperidine rings is 1. The second-order valence-electron chi connectivity index (χ2n) is 9.21. The number of benzene rings is 3. The second-order valence-corrected chi connectivity index (χ2v) is 10.1. The van der Waals surface area contributed by atoms with Crippen LogP contribution < -0.4 is 5.32 Å². The first kappa shape index (κ1) is 26.7. The summed E-state index contributed by atoms with van der Waals surface area (Å²) in [7, 11) is 0. The SMILES string of the molecule is O=C(N/C(=C/c1cn(-c2ccccc2)nc1-c1ccc(F)cc1)C(=O)N1CCCCC1)c1ccc(Cl)cc1Cl. The van der Waals surface area contributed by atoms with Crippen LogP contribution in [0, 0.1) is 5.82 Å². The van der Waals surface area contributed by atoms with Gasteiger partial charge < -0.3 is 10.2 Å². The molecule has 0 spiro atoms. The lowest BCUT2D eigenvalue weighted by Gasteiger charge is -2.27. The molecule has 1 aliphatic heterocycles. The summed E-state index contributed by atoms with van der Waals surface area (Å²) in [6.45, 7) is 1.20. The van der Waals surface area contributed by atoms with Gasteiger partial charge in [-0.25, -0.2) is 9.07 Å². The van der Waals surface area contributed by atoms with Gasteiger partial charge >= 0.3 is 0 Å². The van der Waals surface area contributed by atoms with E-state index in [2.05, 4.69) is 5.32 Å². The molecule has 198 valence electrons. The predicted molar refractivity (Wildman–Crippen MR) is 151 cm³/mol. The van der Waals surface area contributed by atoms with E-state index in [1.165, 1.54) is 24.3 Å². The van der Waals surface area contributed by atoms with Gasteiger partial charge in [0.2, 0.25) is 0 Å². The molecular formula is C30H25Cl2FN4O2. The lowest BCUT2D eigenvalue weighted by atomic mass is 10.1. The van der Waals surface area contributed by atoms with Gasteiger partial charge in [0.25, 0.3) is 11.8 Å². The van der Waals surface area contributed by atoms with E-state index in [9.17, 15) is 14.0 Å². The molecule has 0 radical (unpaired) electrons. The number of halogens is 3. The van der Waals surface area contributed by atoms with Gasteiger partial charge in [-0.2, -0.15) is 5.10 Å². The molecule has 39 heavy (non-hydrogen) atoms. The van der Waals surface area contributed by atoms with E-state index < -0.39 is 5.91 Å². The summed E-state index contributed by atoms with van der Waals surface area (Å²) in [5, 5.41) is 8.10. The number of nitrogens with zero attached hydrogens (tertiary/aromatic N) is 3. The molecule has 0 saturated carbocycles. The van der Waals surface area contributed by atoms with Crippen molar-refractivity contribution in [2.45, 2.75) is 19.3 Å². The Kier molecular flexibility index (Phi) is 8.10. The van der Waals surface area contributed by atoms with Crippen LogP contribution in [-0.2, 0) is 4.79 Å². The van der Waals surface area contributed by atoms with E-state index in [0.717, 1.165) is 24.9 Å². The lowest BCUT2D eigenvalue weighted by molar-refractivity contribution is -0.128. The number of aromatic nitrogens is 2. The Morgan fingerprint density at radius 2 is 1.64 bits per heavy atom. The highest BCUT2D eigenvalue weighted by Crippen LogP contribution is 2.27. The summed E-state index contributed by atoms with van der Waals surface area (Å²) in [6.07, 6.45) is 6.22. The molecule has 5 rings (SSSR count). The number of hydrogen-bond acceptors (Lipinski definition) is 3. The summed E-state index contributed by atoms with van der Waals surface area (Å²) in [4.78, 5) is 28.7. The van der Waals surface area contributed by atoms with Crippen molar-refractivity contribution in [3.63, 3.8) is 0 Å². The molecule has 9 heteroatoms. The molecule has 2 heterocycles. The lowest BCUT2D eigenvalue weighted by Crippen LogP contribution is -2.41. The molecule has 0 unspecified atom stereocenters. The van der Waals surface area contributed by atoms with Crippen molar-refractivity contribution in [3.05, 3.63) is 112 Å². The number of nitrogens with one attached hydrogen (secondary N) is 1. The summed E-state index contributed by atoms with van der Waals surface area (Å²) in [5.74, 6) is -1.20. The van der Waals surface area contributed by atoms with Crippen molar-refractivity contribution < 1.29 is 14.0 Å². The first-order valence-corrected chi connectivity index (χ1v) is 13.3. The maximum absolute atomic E-state index is 13.7. The van der Waals surface area contributed by atoms with Crippen LogP contribution in [0.15, 0.2) is 84.7 Å². The number of carbonyl (C=O) groups excluding carboxylic acids is 2. The Hall–Kier alpha value is -3.94. The van der Waals surface area contributed by atoms with Crippen molar-refractivity contribution >= 4 is 41.1 Å². The molecule has 0 aliphatic carbocycles. The normalized spacial score (nSPS) is 13.8. The minimum atomic E-state index is -0.535. The molecule has 1 saturated heterocycles. The third kappa shape index (κ3) is 6.21. The van der Waals surface area contributed by atoms with Crippen molar-refractivity contribution in [1.29, 1.82) is 0 Å². The number of carbonyl (C=O) groups is 2. The minimum Gasteiger partial charge on any atom is -0.337 e. The average molecular weight is 563 g/mol. The molecule has 1 aliphatic rings. The van der Waals surface area contributed by atoms with Crippen molar-refractivity contribution in [1.82, 2.24) is 20.0 Å². The maximum atomic E-state index is 13.7. The highest BCUT2D eigenvalue weighted by Gasteiger charge is 2.24. The maximum Gasteiger partial charge on any atom is 0.270 e. The zero-order valence-corrected chi connectivity index (χ0v) is 22.4. The van der Waals surface area contributed by atoms with E-state index in [4.69, 9.17) is 28.3 Å². The minimum absolute atomic E-state index is 0.0869. The predicted octanol–water partition coefficient (Wildman–Crippen LogP) is 6.77. The second kappa shape index (κ2) is 11.8. The fourth-order valence-electron chi connectivity index (χ4n) is 4.48. The first-order valence-electron chi connectivity index (χ1n) is 12.6. The molecule has 1 aromatic heterocycles. The molecule has 6 nitrogen and oxygen atoms in total. The topological polar surface area (TPSA) is 67.2 Å². The van der Waals surface area contributed by atoms with Gasteiger partial charge in [0.05, 0.1) is 16.3 Å². The first-order chi connectivity index (χ1) is 18.9. The van der Waals surface area contributed by atoms with Gasteiger partial charge in [-0.05, 0) is 79.9 Å². The summed E-state index contributed by atoms with van der Waals surface area (Å²) in [5.41, 5.74) is 2.85. The summed E-state index contributed by atoms with van der Waals surface area (Å²) in [6, 6.07) is 20.0. The van der Waals surface area contributed by atoms with Crippen LogP contribution in [0.1, 0.15) is 35.2 Å². The van der Waals surface area contributed by atoms with Gasteiger partial charge in [0.15, 0.2) is 0 Å².